The highest BCUT2D eigenvalue weighted by atomic mass is 19.4. The average molecular weight is 494 g/mol. The van der Waals surface area contributed by atoms with Crippen molar-refractivity contribution in [1.82, 2.24) is 20.0 Å². The Morgan fingerprint density at radius 3 is 2.69 bits per heavy atom. The highest BCUT2D eigenvalue weighted by Gasteiger charge is 2.41. The second kappa shape index (κ2) is 9.39. The second-order valence-electron chi connectivity index (χ2n) is 9.59. The van der Waals surface area contributed by atoms with Gasteiger partial charge >= 0.3 is 6.18 Å². The van der Waals surface area contributed by atoms with E-state index >= 15 is 4.39 Å². The predicted octanol–water partition coefficient (Wildman–Crippen LogP) is 5.06. The molecule has 1 saturated heterocycles. The molecule has 0 amide bonds. The van der Waals surface area contributed by atoms with Crippen molar-refractivity contribution < 1.29 is 22.0 Å². The number of benzene rings is 2. The van der Waals surface area contributed by atoms with Gasteiger partial charge in [-0.05, 0) is 54.7 Å². The van der Waals surface area contributed by atoms with Gasteiger partial charge in [0.05, 0.1) is 42.7 Å². The van der Waals surface area contributed by atoms with Crippen LogP contribution in [0.3, 0.4) is 0 Å². The third kappa shape index (κ3) is 4.86. The Morgan fingerprint density at radius 2 is 1.97 bits per heavy atom. The van der Waals surface area contributed by atoms with E-state index in [-0.39, 0.29) is 12.7 Å². The number of halogens is 5. The number of fused-ring (bicyclic) bond motifs is 3. The largest absolute Gasteiger partial charge is 0.401 e. The van der Waals surface area contributed by atoms with E-state index in [1.807, 2.05) is 12.1 Å². The van der Waals surface area contributed by atoms with Crippen molar-refractivity contribution in [3.63, 3.8) is 0 Å². The van der Waals surface area contributed by atoms with E-state index in [0.717, 1.165) is 22.0 Å². The predicted molar refractivity (Wildman–Crippen MR) is 125 cm³/mol. The smallest absolute Gasteiger partial charge is 0.377 e. The molecule has 5 nitrogen and oxygen atoms in total. The van der Waals surface area contributed by atoms with Gasteiger partial charge in [0, 0.05) is 31.1 Å². The first-order valence-corrected chi connectivity index (χ1v) is 11.8. The standard InChI is InChI=1S/C25H28F5N5/c1-15-9-19-18(4-6-22-20(19)11-31-33-22)24(35(15)14-25(28,29)30)16-3-5-23(21(27)10-16)32-17-12-34(13-17)8-2-7-26/h3-6,10-11,15,17,24,32H,2,7-9,12-14H2,1H3,(H,31,33)/t15-,24?/m1/s1. The molecule has 0 bridgehead atoms. The number of hydrogen-bond donors (Lipinski definition) is 2. The zero-order valence-electron chi connectivity index (χ0n) is 19.4. The number of H-pyrrole nitrogens is 1. The normalized spacial score (nSPS) is 21.8. The first kappa shape index (κ1) is 24.0. The van der Waals surface area contributed by atoms with E-state index < -0.39 is 30.6 Å². The van der Waals surface area contributed by atoms with Crippen LogP contribution in [0.1, 0.15) is 36.1 Å². The van der Waals surface area contributed by atoms with E-state index in [2.05, 4.69) is 20.4 Å². The van der Waals surface area contributed by atoms with Crippen molar-refractivity contribution in [2.75, 3.05) is 38.2 Å². The van der Waals surface area contributed by atoms with E-state index in [1.54, 1.807) is 25.3 Å². The van der Waals surface area contributed by atoms with Crippen molar-refractivity contribution in [2.24, 2.45) is 0 Å². The molecule has 0 spiro atoms. The van der Waals surface area contributed by atoms with Crippen LogP contribution in [-0.4, -0.2) is 71.1 Å². The van der Waals surface area contributed by atoms with Gasteiger partial charge in [-0.3, -0.25) is 19.3 Å². The number of aromatic amines is 1. The fraction of sp³-hybridized carbons (Fsp3) is 0.480. The number of nitrogens with one attached hydrogen (secondary N) is 2. The lowest BCUT2D eigenvalue weighted by Gasteiger charge is -2.43. The maximum absolute atomic E-state index is 15.2. The van der Waals surface area contributed by atoms with Gasteiger partial charge in [0.15, 0.2) is 0 Å². The number of alkyl halides is 4. The first-order valence-electron chi connectivity index (χ1n) is 11.8. The van der Waals surface area contributed by atoms with Gasteiger partial charge in [-0.2, -0.15) is 18.3 Å². The summed E-state index contributed by atoms with van der Waals surface area (Å²) in [5, 5.41) is 11.1. The second-order valence-corrected chi connectivity index (χ2v) is 9.59. The highest BCUT2D eigenvalue weighted by Crippen LogP contribution is 2.42. The fourth-order valence-electron chi connectivity index (χ4n) is 5.41. The Bertz CT molecular complexity index is 1190. The third-order valence-electron chi connectivity index (χ3n) is 7.06. The number of aromatic nitrogens is 2. The Balaban J connectivity index is 1.44. The maximum atomic E-state index is 15.2. The lowest BCUT2D eigenvalue weighted by Crippen LogP contribution is -2.54. The Morgan fingerprint density at radius 1 is 1.17 bits per heavy atom. The molecular weight excluding hydrogens is 465 g/mol. The van der Waals surface area contributed by atoms with E-state index in [4.69, 9.17) is 0 Å². The van der Waals surface area contributed by atoms with Crippen molar-refractivity contribution in [3.05, 3.63) is 59.0 Å². The Kier molecular flexibility index (Phi) is 6.43. The molecule has 5 rings (SSSR count). The lowest BCUT2D eigenvalue weighted by atomic mass is 9.83. The summed E-state index contributed by atoms with van der Waals surface area (Å²) in [5.74, 6) is -0.499. The quantitative estimate of drug-likeness (QED) is 0.452. The van der Waals surface area contributed by atoms with Crippen LogP contribution in [0.15, 0.2) is 36.5 Å². The summed E-state index contributed by atoms with van der Waals surface area (Å²) in [6, 6.07) is 7.21. The van der Waals surface area contributed by atoms with E-state index in [9.17, 15) is 17.6 Å². The zero-order chi connectivity index (χ0) is 24.7. The highest BCUT2D eigenvalue weighted by molar-refractivity contribution is 5.83. The molecule has 1 aromatic heterocycles. The number of rotatable bonds is 7. The zero-order valence-corrected chi connectivity index (χ0v) is 19.4. The monoisotopic (exact) mass is 493 g/mol. The maximum Gasteiger partial charge on any atom is 0.401 e. The molecule has 10 heteroatoms. The average Bonchev–Trinajstić information content (AvgIpc) is 3.25. The minimum absolute atomic E-state index is 0.0569. The van der Waals surface area contributed by atoms with Gasteiger partial charge in [-0.15, -0.1) is 0 Å². The summed E-state index contributed by atoms with van der Waals surface area (Å²) in [4.78, 5) is 3.50. The molecule has 3 heterocycles. The molecule has 1 fully saturated rings. The summed E-state index contributed by atoms with van der Waals surface area (Å²) in [7, 11) is 0. The fourth-order valence-corrected chi connectivity index (χ4v) is 5.41. The molecule has 35 heavy (non-hydrogen) atoms. The molecule has 188 valence electrons. The van der Waals surface area contributed by atoms with Crippen LogP contribution in [0.5, 0.6) is 0 Å². The minimum atomic E-state index is -4.39. The number of likely N-dealkylation sites (tertiary alicyclic amines) is 1. The van der Waals surface area contributed by atoms with Crippen LogP contribution in [0.4, 0.5) is 27.6 Å². The van der Waals surface area contributed by atoms with Crippen molar-refractivity contribution in [1.29, 1.82) is 0 Å². The van der Waals surface area contributed by atoms with Gasteiger partial charge in [0.1, 0.15) is 5.82 Å². The van der Waals surface area contributed by atoms with Gasteiger partial charge in [0.2, 0.25) is 0 Å². The molecule has 2 N–H and O–H groups in total. The van der Waals surface area contributed by atoms with Crippen LogP contribution < -0.4 is 5.32 Å². The lowest BCUT2D eigenvalue weighted by molar-refractivity contribution is -0.155. The van der Waals surface area contributed by atoms with Crippen molar-refractivity contribution >= 4 is 16.6 Å². The minimum Gasteiger partial charge on any atom is -0.377 e. The van der Waals surface area contributed by atoms with Crippen molar-refractivity contribution in [3.8, 4) is 0 Å². The molecule has 2 aliphatic rings. The van der Waals surface area contributed by atoms with E-state index in [1.165, 1.54) is 11.0 Å². The van der Waals surface area contributed by atoms with Crippen LogP contribution >= 0.6 is 0 Å². The summed E-state index contributed by atoms with van der Waals surface area (Å²) in [6.07, 6.45) is -1.76. The molecule has 2 aliphatic heterocycles. The first-order chi connectivity index (χ1) is 16.7. The molecular formula is C25H28F5N5. The summed E-state index contributed by atoms with van der Waals surface area (Å²) >= 11 is 0. The molecule has 0 saturated carbocycles. The molecule has 2 atom stereocenters. The van der Waals surface area contributed by atoms with Gasteiger partial charge in [-0.1, -0.05) is 12.1 Å². The van der Waals surface area contributed by atoms with Crippen LogP contribution in [0.2, 0.25) is 0 Å². The Hall–Kier alpha value is -2.72. The molecule has 0 aliphatic carbocycles. The Labute approximate surface area is 200 Å². The third-order valence-corrected chi connectivity index (χ3v) is 7.06. The summed E-state index contributed by atoms with van der Waals surface area (Å²) in [6.45, 7) is 2.42. The van der Waals surface area contributed by atoms with Crippen LogP contribution in [0.25, 0.3) is 10.9 Å². The molecule has 3 aromatic rings. The topological polar surface area (TPSA) is 47.2 Å². The van der Waals surface area contributed by atoms with E-state index in [0.29, 0.717) is 43.7 Å². The number of nitrogens with zero attached hydrogens (tertiary/aromatic N) is 3. The van der Waals surface area contributed by atoms with Crippen molar-refractivity contribution in [2.45, 2.75) is 44.1 Å². The molecule has 1 unspecified atom stereocenters. The van der Waals surface area contributed by atoms with Gasteiger partial charge in [-0.25, -0.2) is 4.39 Å². The van der Waals surface area contributed by atoms with Crippen LogP contribution in [-0.2, 0) is 6.42 Å². The molecule has 0 radical (unpaired) electrons. The summed E-state index contributed by atoms with van der Waals surface area (Å²) in [5.41, 5.74) is 3.30. The number of hydrogen-bond acceptors (Lipinski definition) is 4. The van der Waals surface area contributed by atoms with Gasteiger partial charge < -0.3 is 5.32 Å². The number of anilines is 1. The molecule has 2 aromatic carbocycles. The van der Waals surface area contributed by atoms with Crippen LogP contribution in [0, 0.1) is 5.82 Å². The SMILES string of the molecule is C[C@@H]1Cc2c(ccc3[nH]ncc23)C(c2ccc(NC3CN(CCCF)C3)c(F)c2)N1CC(F)(F)F. The van der Waals surface area contributed by atoms with Gasteiger partial charge in [0.25, 0.3) is 0 Å². The summed E-state index contributed by atoms with van der Waals surface area (Å²) < 4.78 is 68.2.